The van der Waals surface area contributed by atoms with E-state index in [0.717, 1.165) is 13.0 Å². The highest BCUT2D eigenvalue weighted by Crippen LogP contribution is 2.20. The number of nitrogens with one attached hydrogen (secondary N) is 1. The minimum Gasteiger partial charge on any atom is -0.378 e. The molecule has 5 heteroatoms. The molecule has 1 saturated carbocycles. The molecule has 1 heterocycles. The summed E-state index contributed by atoms with van der Waals surface area (Å²) < 4.78 is 5.71. The van der Waals surface area contributed by atoms with Gasteiger partial charge in [0, 0.05) is 18.5 Å². The van der Waals surface area contributed by atoms with Gasteiger partial charge in [0.1, 0.15) is 5.69 Å². The van der Waals surface area contributed by atoms with E-state index in [1.54, 1.807) is 10.9 Å². The molecule has 1 aliphatic carbocycles. The minimum atomic E-state index is -0.0906. The molecule has 0 radical (unpaired) electrons. The molecule has 0 bridgehead atoms. The third-order valence-electron chi connectivity index (χ3n) is 2.93. The van der Waals surface area contributed by atoms with Gasteiger partial charge in [-0.25, -0.2) is 4.98 Å². The van der Waals surface area contributed by atoms with E-state index in [1.165, 1.54) is 37.0 Å². The number of hydrogen-bond donors (Lipinski definition) is 1. The highest BCUT2D eigenvalue weighted by molar-refractivity contribution is 7.07. The Morgan fingerprint density at radius 1 is 1.53 bits per heavy atom. The molecule has 0 unspecified atom stereocenters. The standard InChI is InChI=1S/C12H18N2O2S/c15-12(11-8-17-9-14-11)13-6-3-7-16-10-4-1-2-5-10/h8-10H,1-7H2,(H,13,15). The Bertz CT molecular complexity index is 334. The summed E-state index contributed by atoms with van der Waals surface area (Å²) in [5.41, 5.74) is 2.17. The van der Waals surface area contributed by atoms with Crippen molar-refractivity contribution in [3.05, 3.63) is 16.6 Å². The van der Waals surface area contributed by atoms with Gasteiger partial charge in [-0.2, -0.15) is 0 Å². The first-order chi connectivity index (χ1) is 8.36. The molecule has 0 saturated heterocycles. The van der Waals surface area contributed by atoms with E-state index in [4.69, 9.17) is 4.74 Å². The predicted octanol–water partition coefficient (Wildman–Crippen LogP) is 2.22. The van der Waals surface area contributed by atoms with Gasteiger partial charge in [0.2, 0.25) is 0 Å². The molecular formula is C12H18N2O2S. The molecule has 0 aromatic carbocycles. The first-order valence-electron chi connectivity index (χ1n) is 6.14. The lowest BCUT2D eigenvalue weighted by atomic mass is 10.3. The largest absolute Gasteiger partial charge is 0.378 e. The van der Waals surface area contributed by atoms with Crippen molar-refractivity contribution >= 4 is 17.2 Å². The lowest BCUT2D eigenvalue weighted by Gasteiger charge is -2.10. The molecule has 0 spiro atoms. The second kappa shape index (κ2) is 6.71. The monoisotopic (exact) mass is 254 g/mol. The highest BCUT2D eigenvalue weighted by Gasteiger charge is 2.14. The van der Waals surface area contributed by atoms with Gasteiger partial charge in [0.05, 0.1) is 11.6 Å². The third-order valence-corrected chi connectivity index (χ3v) is 3.51. The second-order valence-corrected chi connectivity index (χ2v) is 4.98. The van der Waals surface area contributed by atoms with E-state index in [2.05, 4.69) is 10.3 Å². The van der Waals surface area contributed by atoms with Crippen molar-refractivity contribution < 1.29 is 9.53 Å². The van der Waals surface area contributed by atoms with Crippen LogP contribution in [0.2, 0.25) is 0 Å². The van der Waals surface area contributed by atoms with E-state index in [9.17, 15) is 4.79 Å². The van der Waals surface area contributed by atoms with Crippen LogP contribution in [0, 0.1) is 0 Å². The molecule has 94 valence electrons. The van der Waals surface area contributed by atoms with Gasteiger partial charge < -0.3 is 10.1 Å². The number of nitrogens with zero attached hydrogens (tertiary/aromatic N) is 1. The summed E-state index contributed by atoms with van der Waals surface area (Å²) in [6.07, 6.45) is 6.32. The SMILES string of the molecule is O=C(NCCCOC1CCCC1)c1cscn1. The van der Waals surface area contributed by atoms with Crippen molar-refractivity contribution in [3.8, 4) is 0 Å². The van der Waals surface area contributed by atoms with Crippen molar-refractivity contribution in [1.82, 2.24) is 10.3 Å². The predicted molar refractivity (Wildman–Crippen MR) is 67.3 cm³/mol. The average Bonchev–Trinajstić information content (AvgIpc) is 3.01. The Balaban J connectivity index is 1.52. The fourth-order valence-corrected chi connectivity index (χ4v) is 2.53. The maximum Gasteiger partial charge on any atom is 0.270 e. The summed E-state index contributed by atoms with van der Waals surface area (Å²) in [5, 5.41) is 4.59. The summed E-state index contributed by atoms with van der Waals surface area (Å²) >= 11 is 1.43. The molecule has 17 heavy (non-hydrogen) atoms. The Morgan fingerprint density at radius 2 is 2.35 bits per heavy atom. The zero-order valence-corrected chi connectivity index (χ0v) is 10.7. The Morgan fingerprint density at radius 3 is 3.06 bits per heavy atom. The number of hydrogen-bond acceptors (Lipinski definition) is 4. The molecule has 2 rings (SSSR count). The van der Waals surface area contributed by atoms with Crippen molar-refractivity contribution in [2.45, 2.75) is 38.2 Å². The fraction of sp³-hybridized carbons (Fsp3) is 0.667. The quantitative estimate of drug-likeness (QED) is 0.792. The Hall–Kier alpha value is -0.940. The number of aromatic nitrogens is 1. The molecule has 4 nitrogen and oxygen atoms in total. The molecule has 0 atom stereocenters. The van der Waals surface area contributed by atoms with Gasteiger partial charge in [0.15, 0.2) is 0 Å². The van der Waals surface area contributed by atoms with Crippen LogP contribution in [0.4, 0.5) is 0 Å². The topological polar surface area (TPSA) is 51.2 Å². The van der Waals surface area contributed by atoms with E-state index < -0.39 is 0 Å². The Labute approximate surface area is 105 Å². The van der Waals surface area contributed by atoms with Crippen molar-refractivity contribution in [3.63, 3.8) is 0 Å². The van der Waals surface area contributed by atoms with Crippen LogP contribution in [0.5, 0.6) is 0 Å². The van der Waals surface area contributed by atoms with Crippen LogP contribution in [0.25, 0.3) is 0 Å². The van der Waals surface area contributed by atoms with Crippen LogP contribution in [0.1, 0.15) is 42.6 Å². The lowest BCUT2D eigenvalue weighted by Crippen LogP contribution is -2.25. The summed E-state index contributed by atoms with van der Waals surface area (Å²) in [5.74, 6) is -0.0906. The summed E-state index contributed by atoms with van der Waals surface area (Å²) in [7, 11) is 0. The number of amides is 1. The maximum absolute atomic E-state index is 11.5. The molecular weight excluding hydrogens is 236 g/mol. The van der Waals surface area contributed by atoms with E-state index in [-0.39, 0.29) is 5.91 Å². The van der Waals surface area contributed by atoms with Gasteiger partial charge in [-0.1, -0.05) is 12.8 Å². The van der Waals surface area contributed by atoms with Crippen LogP contribution in [-0.2, 0) is 4.74 Å². The van der Waals surface area contributed by atoms with E-state index >= 15 is 0 Å². The van der Waals surface area contributed by atoms with Crippen molar-refractivity contribution in [2.24, 2.45) is 0 Å². The minimum absolute atomic E-state index is 0.0906. The zero-order valence-electron chi connectivity index (χ0n) is 9.85. The van der Waals surface area contributed by atoms with E-state index in [0.29, 0.717) is 18.3 Å². The first kappa shape index (κ1) is 12.5. The van der Waals surface area contributed by atoms with Gasteiger partial charge in [-0.3, -0.25) is 4.79 Å². The first-order valence-corrected chi connectivity index (χ1v) is 7.08. The smallest absolute Gasteiger partial charge is 0.270 e. The number of ether oxygens (including phenoxy) is 1. The van der Waals surface area contributed by atoms with Gasteiger partial charge in [-0.15, -0.1) is 11.3 Å². The van der Waals surface area contributed by atoms with Crippen molar-refractivity contribution in [1.29, 1.82) is 0 Å². The van der Waals surface area contributed by atoms with Crippen molar-refractivity contribution in [2.75, 3.05) is 13.2 Å². The Kier molecular flexibility index (Phi) is 4.94. The molecule has 1 aromatic heterocycles. The molecule has 1 N–H and O–H groups in total. The molecule has 0 aliphatic heterocycles. The van der Waals surface area contributed by atoms with Crippen LogP contribution in [-0.4, -0.2) is 30.1 Å². The molecule has 1 aromatic rings. The third kappa shape index (κ3) is 4.09. The summed E-state index contributed by atoms with van der Waals surface area (Å²) in [6, 6.07) is 0. The summed E-state index contributed by atoms with van der Waals surface area (Å²) in [6.45, 7) is 1.39. The average molecular weight is 254 g/mol. The summed E-state index contributed by atoms with van der Waals surface area (Å²) in [4.78, 5) is 15.5. The van der Waals surface area contributed by atoms with Crippen LogP contribution in [0.3, 0.4) is 0 Å². The molecule has 1 aliphatic rings. The normalized spacial score (nSPS) is 16.2. The van der Waals surface area contributed by atoms with E-state index in [1.807, 2.05) is 0 Å². The molecule has 1 amide bonds. The number of rotatable bonds is 6. The lowest BCUT2D eigenvalue weighted by molar-refractivity contribution is 0.0565. The van der Waals surface area contributed by atoms with Crippen LogP contribution < -0.4 is 5.32 Å². The second-order valence-electron chi connectivity index (χ2n) is 4.26. The zero-order chi connectivity index (χ0) is 11.9. The highest BCUT2D eigenvalue weighted by atomic mass is 32.1. The maximum atomic E-state index is 11.5. The van der Waals surface area contributed by atoms with Gasteiger partial charge >= 0.3 is 0 Å². The number of carbonyl (C=O) groups excluding carboxylic acids is 1. The number of thiazole rings is 1. The van der Waals surface area contributed by atoms with Crippen LogP contribution in [0.15, 0.2) is 10.9 Å². The van der Waals surface area contributed by atoms with Crippen LogP contribution >= 0.6 is 11.3 Å². The van der Waals surface area contributed by atoms with Gasteiger partial charge in [0.25, 0.3) is 5.91 Å². The fourth-order valence-electron chi connectivity index (χ4n) is 1.99. The van der Waals surface area contributed by atoms with Gasteiger partial charge in [-0.05, 0) is 19.3 Å². The number of carbonyl (C=O) groups is 1. The molecule has 1 fully saturated rings.